The van der Waals surface area contributed by atoms with E-state index in [1.54, 1.807) is 0 Å². The summed E-state index contributed by atoms with van der Waals surface area (Å²) in [6.45, 7) is 1.49. The third-order valence-corrected chi connectivity index (χ3v) is 12.1. The summed E-state index contributed by atoms with van der Waals surface area (Å²) in [5, 5.41) is 12.5. The molecule has 0 aromatic rings. The average molecular weight is 631 g/mol. The maximum atomic E-state index is 12.2. The molecule has 8 fully saturated rings. The minimum Gasteiger partial charge on any atom is -0.530 e. The second kappa shape index (κ2) is 16.3. The van der Waals surface area contributed by atoms with Crippen molar-refractivity contribution in [3.8, 4) is 0 Å². The molecule has 8 rings (SSSR count). The molecule has 0 aromatic heterocycles. The second-order valence-corrected chi connectivity index (χ2v) is 16.3. The molecular formula is C37H62N2O6. The third kappa shape index (κ3) is 10.3. The number of nitrogens with one attached hydrogen (secondary N) is 1. The Balaban J connectivity index is 0.000000179. The van der Waals surface area contributed by atoms with Crippen molar-refractivity contribution in [2.24, 2.45) is 35.5 Å². The van der Waals surface area contributed by atoms with Crippen LogP contribution >= 0.6 is 0 Å². The second-order valence-electron chi connectivity index (χ2n) is 16.3. The van der Waals surface area contributed by atoms with Gasteiger partial charge in [-0.2, -0.15) is 0 Å². The van der Waals surface area contributed by atoms with E-state index in [9.17, 15) is 19.5 Å². The number of carbonyl (C=O) groups excluding carboxylic acids is 3. The molecule has 8 saturated carbocycles. The number of unbranched alkanes of at least 4 members (excludes halogenated alkanes) is 8. The molecule has 0 atom stereocenters. The number of hydrogen-bond donors (Lipinski definition) is 2. The lowest BCUT2D eigenvalue weighted by atomic mass is 9.54. The Hall–Kier alpha value is -1.83. The molecule has 8 heteroatoms. The Labute approximate surface area is 271 Å². The van der Waals surface area contributed by atoms with Gasteiger partial charge in [0.15, 0.2) is 0 Å². The van der Waals surface area contributed by atoms with Crippen LogP contribution in [0.4, 0.5) is 4.79 Å². The SMILES string of the molecule is O=C([O-])NCCCCCCCC(=O)OC12CC3CC(CC(C3)C1)C2.[NH3+]CCCCCCCC(=O)OC12CC3CC(CC(C3)C1)C2. The highest BCUT2D eigenvalue weighted by Crippen LogP contribution is 2.58. The summed E-state index contributed by atoms with van der Waals surface area (Å²) < 4.78 is 12.0. The lowest BCUT2D eigenvalue weighted by molar-refractivity contribution is -0.368. The lowest BCUT2D eigenvalue weighted by Crippen LogP contribution is -2.52. The Bertz CT molecular complexity index is 911. The predicted molar refractivity (Wildman–Crippen MR) is 171 cm³/mol. The molecule has 4 N–H and O–H groups in total. The van der Waals surface area contributed by atoms with E-state index in [1.807, 2.05) is 0 Å². The highest BCUT2D eigenvalue weighted by atomic mass is 16.6. The van der Waals surface area contributed by atoms with E-state index in [0.717, 1.165) is 126 Å². The largest absolute Gasteiger partial charge is 0.530 e. The van der Waals surface area contributed by atoms with Gasteiger partial charge in [0, 0.05) is 19.4 Å². The molecule has 0 radical (unpaired) electrons. The van der Waals surface area contributed by atoms with Gasteiger partial charge < -0.3 is 30.4 Å². The molecule has 0 spiro atoms. The van der Waals surface area contributed by atoms with E-state index < -0.39 is 6.09 Å². The summed E-state index contributed by atoms with van der Waals surface area (Å²) in [7, 11) is 0. The van der Waals surface area contributed by atoms with E-state index in [4.69, 9.17) is 9.47 Å². The van der Waals surface area contributed by atoms with Crippen LogP contribution in [-0.4, -0.2) is 42.3 Å². The summed E-state index contributed by atoms with van der Waals surface area (Å²) in [5.74, 6) is 5.05. The quantitative estimate of drug-likeness (QED) is 0.153. The van der Waals surface area contributed by atoms with Crippen molar-refractivity contribution in [2.45, 2.75) is 165 Å². The summed E-state index contributed by atoms with van der Waals surface area (Å²) >= 11 is 0. The van der Waals surface area contributed by atoms with Gasteiger partial charge in [-0.3, -0.25) is 9.59 Å². The summed E-state index contributed by atoms with van der Waals surface area (Å²) in [5.41, 5.74) is 3.71. The summed E-state index contributed by atoms with van der Waals surface area (Å²) in [6, 6.07) is 0. The molecule has 0 heterocycles. The predicted octanol–water partition coefficient (Wildman–Crippen LogP) is 5.85. The van der Waals surface area contributed by atoms with E-state index >= 15 is 0 Å². The van der Waals surface area contributed by atoms with Crippen LogP contribution < -0.4 is 16.2 Å². The zero-order chi connectivity index (χ0) is 31.7. The highest BCUT2D eigenvalue weighted by Gasteiger charge is 2.54. The normalized spacial score (nSPS) is 35.0. The van der Waals surface area contributed by atoms with Gasteiger partial charge in [-0.1, -0.05) is 32.1 Å². The van der Waals surface area contributed by atoms with Crippen molar-refractivity contribution in [3.05, 3.63) is 0 Å². The van der Waals surface area contributed by atoms with E-state index in [-0.39, 0.29) is 23.1 Å². The smallest absolute Gasteiger partial charge is 0.306 e. The zero-order valence-electron chi connectivity index (χ0n) is 28.0. The fourth-order valence-corrected chi connectivity index (χ4v) is 11.0. The minimum atomic E-state index is -1.21. The zero-order valence-corrected chi connectivity index (χ0v) is 28.0. The van der Waals surface area contributed by atoms with Gasteiger partial charge in [0.1, 0.15) is 17.3 Å². The molecule has 45 heavy (non-hydrogen) atoms. The summed E-state index contributed by atoms with van der Waals surface area (Å²) in [6.07, 6.45) is 25.7. The van der Waals surface area contributed by atoms with E-state index in [1.165, 1.54) is 57.8 Å². The molecular weight excluding hydrogens is 568 g/mol. The maximum absolute atomic E-state index is 12.2. The van der Waals surface area contributed by atoms with Crippen molar-refractivity contribution in [1.29, 1.82) is 0 Å². The Morgan fingerprint density at radius 2 is 0.889 bits per heavy atom. The van der Waals surface area contributed by atoms with Crippen LogP contribution in [0, 0.1) is 35.5 Å². The van der Waals surface area contributed by atoms with Gasteiger partial charge >= 0.3 is 11.9 Å². The van der Waals surface area contributed by atoms with Gasteiger partial charge in [0.05, 0.1) is 6.54 Å². The number of amides is 1. The van der Waals surface area contributed by atoms with Crippen LogP contribution in [0.2, 0.25) is 0 Å². The molecule has 8 aliphatic carbocycles. The van der Waals surface area contributed by atoms with Crippen LogP contribution in [0.1, 0.15) is 154 Å². The number of esters is 2. The van der Waals surface area contributed by atoms with Crippen molar-refractivity contribution in [2.75, 3.05) is 13.1 Å². The Kier molecular flexibility index (Phi) is 12.5. The fourth-order valence-electron chi connectivity index (χ4n) is 11.0. The minimum absolute atomic E-state index is 0.00410. The molecule has 0 aromatic carbocycles. The van der Waals surface area contributed by atoms with Gasteiger partial charge in [0.2, 0.25) is 0 Å². The fraction of sp³-hybridized carbons (Fsp3) is 0.919. The Morgan fingerprint density at radius 1 is 0.556 bits per heavy atom. The van der Waals surface area contributed by atoms with Crippen LogP contribution in [0.3, 0.4) is 0 Å². The lowest BCUT2D eigenvalue weighted by Gasteiger charge is -2.55. The molecule has 1 amide bonds. The molecule has 8 aliphatic rings. The molecule has 0 saturated heterocycles. The van der Waals surface area contributed by atoms with Crippen molar-refractivity contribution >= 4 is 18.0 Å². The van der Waals surface area contributed by atoms with E-state index in [0.29, 0.717) is 19.4 Å². The monoisotopic (exact) mass is 630 g/mol. The van der Waals surface area contributed by atoms with Crippen molar-refractivity contribution in [3.63, 3.8) is 0 Å². The molecule has 8 nitrogen and oxygen atoms in total. The Morgan fingerprint density at radius 3 is 1.24 bits per heavy atom. The number of rotatable bonds is 17. The first-order valence-electron chi connectivity index (χ1n) is 18.9. The third-order valence-electron chi connectivity index (χ3n) is 12.1. The van der Waals surface area contributed by atoms with Gasteiger partial charge in [-0.25, -0.2) is 0 Å². The average Bonchev–Trinajstić information content (AvgIpc) is 2.94. The first-order chi connectivity index (χ1) is 21.7. The molecule has 8 bridgehead atoms. The number of carbonyl (C=O) groups is 3. The van der Waals surface area contributed by atoms with Crippen molar-refractivity contribution < 1.29 is 34.7 Å². The topological polar surface area (TPSA) is 132 Å². The molecule has 256 valence electrons. The first-order valence-corrected chi connectivity index (χ1v) is 18.9. The number of hydrogen-bond acceptors (Lipinski definition) is 6. The summed E-state index contributed by atoms with van der Waals surface area (Å²) in [4.78, 5) is 34.6. The number of quaternary nitrogens is 1. The van der Waals surface area contributed by atoms with Crippen molar-refractivity contribution in [1.82, 2.24) is 5.32 Å². The van der Waals surface area contributed by atoms with Crippen LogP contribution in [0.25, 0.3) is 0 Å². The van der Waals surface area contributed by atoms with Gasteiger partial charge in [-0.15, -0.1) is 0 Å². The van der Waals surface area contributed by atoms with Crippen LogP contribution in [0.5, 0.6) is 0 Å². The van der Waals surface area contributed by atoms with Gasteiger partial charge in [0.25, 0.3) is 0 Å². The first kappa shape index (κ1) is 34.5. The highest BCUT2D eigenvalue weighted by molar-refractivity contribution is 5.70. The molecule has 0 aliphatic heterocycles. The standard InChI is InChI=1S/C19H31NO4.C18H31NO2/c21-17(6-4-2-1-3-5-7-20-18(22)23)24-19-11-14-8-15(12-19)10-16(9-14)13-19;19-7-5-3-1-2-4-6-17(20)21-18-11-14-8-15(12-18)10-16(9-14)13-18/h14-16,20H,1-13H2,(H,22,23);14-16H,1-13,19H2. The van der Waals surface area contributed by atoms with Crippen LogP contribution in [-0.2, 0) is 19.1 Å². The van der Waals surface area contributed by atoms with Crippen LogP contribution in [0.15, 0.2) is 0 Å². The van der Waals surface area contributed by atoms with Gasteiger partial charge in [-0.05, 0) is 145 Å². The van der Waals surface area contributed by atoms with E-state index in [2.05, 4.69) is 11.1 Å². The number of carboxylic acid groups (broad SMARTS) is 1. The maximum Gasteiger partial charge on any atom is 0.306 e. The number of ether oxygens (including phenoxy) is 2. The molecule has 0 unspecified atom stereocenters.